The quantitative estimate of drug-likeness (QED) is 0.437. The summed E-state index contributed by atoms with van der Waals surface area (Å²) >= 11 is 0. The van der Waals surface area contributed by atoms with Crippen LogP contribution in [0.5, 0.6) is 0 Å². The van der Waals surface area contributed by atoms with Gasteiger partial charge >= 0.3 is 0 Å². The van der Waals surface area contributed by atoms with Gasteiger partial charge in [0.25, 0.3) is 0 Å². The number of benzene rings is 1. The van der Waals surface area contributed by atoms with Crippen molar-refractivity contribution in [1.82, 2.24) is 20.9 Å². The molecule has 3 N–H and O–H groups in total. The van der Waals surface area contributed by atoms with Gasteiger partial charge in [-0.3, -0.25) is 24.0 Å². The highest BCUT2D eigenvalue weighted by molar-refractivity contribution is 5.97. The number of hydrogen-bond acceptors (Lipinski definition) is 5. The fraction of sp³-hybridized carbons (Fsp3) is 0.607. The van der Waals surface area contributed by atoms with Crippen LogP contribution in [0.1, 0.15) is 77.2 Å². The van der Waals surface area contributed by atoms with E-state index in [0.717, 1.165) is 31.2 Å². The molecule has 2 aliphatic rings. The maximum absolute atomic E-state index is 13.7. The number of unbranched alkanes of at least 4 members (excludes halogenated alkanes) is 2. The van der Waals surface area contributed by atoms with Gasteiger partial charge in [0.2, 0.25) is 23.6 Å². The SMILES string of the molecule is CCC(=O)CCCCC[C@@H]1NC(=O)[C@H]2CCCCN2C(=O)[C@H](Cc2ccccc2)NC(=O)[C@H](C)NC1=O. The highest BCUT2D eigenvalue weighted by atomic mass is 16.2. The minimum Gasteiger partial charge on any atom is -0.343 e. The lowest BCUT2D eigenvalue weighted by Crippen LogP contribution is -2.63. The fourth-order valence-electron chi connectivity index (χ4n) is 4.96. The van der Waals surface area contributed by atoms with Gasteiger partial charge in [0.15, 0.2) is 0 Å². The molecule has 9 nitrogen and oxygen atoms in total. The monoisotopic (exact) mass is 512 g/mol. The Morgan fingerprint density at radius 2 is 1.62 bits per heavy atom. The predicted molar refractivity (Wildman–Crippen MR) is 139 cm³/mol. The molecule has 0 spiro atoms. The molecule has 1 aromatic carbocycles. The van der Waals surface area contributed by atoms with Gasteiger partial charge in [0, 0.05) is 25.8 Å². The van der Waals surface area contributed by atoms with E-state index in [1.165, 1.54) is 0 Å². The highest BCUT2D eigenvalue weighted by Crippen LogP contribution is 2.20. The van der Waals surface area contributed by atoms with E-state index in [-0.39, 0.29) is 17.6 Å². The minimum atomic E-state index is -0.878. The molecule has 0 aromatic heterocycles. The lowest BCUT2D eigenvalue weighted by atomic mass is 9.97. The molecule has 0 saturated carbocycles. The van der Waals surface area contributed by atoms with Gasteiger partial charge in [-0.05, 0) is 44.6 Å². The molecule has 0 bridgehead atoms. The van der Waals surface area contributed by atoms with Crippen LogP contribution in [0.25, 0.3) is 0 Å². The first kappa shape index (κ1) is 28.3. The second-order valence-electron chi connectivity index (χ2n) is 10.1. The fourth-order valence-corrected chi connectivity index (χ4v) is 4.96. The van der Waals surface area contributed by atoms with Gasteiger partial charge in [-0.15, -0.1) is 0 Å². The summed E-state index contributed by atoms with van der Waals surface area (Å²) in [6.07, 6.45) is 5.96. The van der Waals surface area contributed by atoms with Crippen LogP contribution in [0.4, 0.5) is 0 Å². The molecule has 2 heterocycles. The van der Waals surface area contributed by atoms with Crippen molar-refractivity contribution < 1.29 is 24.0 Å². The van der Waals surface area contributed by atoms with Gasteiger partial charge in [-0.2, -0.15) is 0 Å². The molecule has 202 valence electrons. The Hall–Kier alpha value is -3.23. The van der Waals surface area contributed by atoms with Crippen LogP contribution in [-0.4, -0.2) is 65.0 Å². The number of piperidine rings is 1. The number of hydrogen-bond donors (Lipinski definition) is 3. The van der Waals surface area contributed by atoms with Crippen LogP contribution in [0.15, 0.2) is 30.3 Å². The van der Waals surface area contributed by atoms with Gasteiger partial charge in [0.05, 0.1) is 0 Å². The first-order chi connectivity index (χ1) is 17.8. The lowest BCUT2D eigenvalue weighted by Gasteiger charge is -2.38. The van der Waals surface area contributed by atoms with E-state index >= 15 is 0 Å². The molecular formula is C28H40N4O5. The summed E-state index contributed by atoms with van der Waals surface area (Å²) in [6.45, 7) is 3.84. The highest BCUT2D eigenvalue weighted by Gasteiger charge is 2.38. The maximum atomic E-state index is 13.7. The Balaban J connectivity index is 1.78. The van der Waals surface area contributed by atoms with Crippen LogP contribution >= 0.6 is 0 Å². The Bertz CT molecular complexity index is 967. The second kappa shape index (κ2) is 13.9. The van der Waals surface area contributed by atoms with Gasteiger partial charge < -0.3 is 20.9 Å². The van der Waals surface area contributed by atoms with Crippen molar-refractivity contribution in [2.24, 2.45) is 0 Å². The molecule has 0 radical (unpaired) electrons. The van der Waals surface area contributed by atoms with Crippen molar-refractivity contribution in [3.05, 3.63) is 35.9 Å². The van der Waals surface area contributed by atoms with Crippen molar-refractivity contribution >= 4 is 29.4 Å². The first-order valence-electron chi connectivity index (χ1n) is 13.6. The van der Waals surface area contributed by atoms with Gasteiger partial charge in [-0.1, -0.05) is 50.1 Å². The van der Waals surface area contributed by atoms with Gasteiger partial charge in [-0.25, -0.2) is 0 Å². The van der Waals surface area contributed by atoms with E-state index in [9.17, 15) is 24.0 Å². The average molecular weight is 513 g/mol. The maximum Gasteiger partial charge on any atom is 0.246 e. The van der Waals surface area contributed by atoms with E-state index in [1.807, 2.05) is 37.3 Å². The molecular weight excluding hydrogens is 472 g/mol. The Labute approximate surface area is 219 Å². The van der Waals surface area contributed by atoms with Crippen molar-refractivity contribution in [3.8, 4) is 0 Å². The summed E-state index contributed by atoms with van der Waals surface area (Å²) in [7, 11) is 0. The first-order valence-corrected chi connectivity index (χ1v) is 13.6. The Morgan fingerprint density at radius 3 is 2.35 bits per heavy atom. The van der Waals surface area contributed by atoms with Crippen LogP contribution in [-0.2, 0) is 30.4 Å². The van der Waals surface area contributed by atoms with Crippen molar-refractivity contribution in [1.29, 1.82) is 0 Å². The number of carbonyl (C=O) groups excluding carboxylic acids is 5. The normalized spacial score (nSPS) is 25.2. The zero-order chi connectivity index (χ0) is 26.8. The molecule has 9 heteroatoms. The van der Waals surface area contributed by atoms with E-state index in [1.54, 1.807) is 11.8 Å². The number of nitrogens with one attached hydrogen (secondary N) is 3. The standard InChI is InChI=1S/C28H40N4O5/c1-3-21(33)14-8-5-9-15-22-26(35)29-19(2)25(34)31-23(18-20-12-6-4-7-13-20)28(37)32-17-11-10-16-24(32)27(36)30-22/h4,6-7,12-13,19,22-24H,3,5,8-11,14-18H2,1-2H3,(H,29,35)(H,30,36)(H,31,34)/t19-,22-,23-,24+/m0/s1. The van der Waals surface area contributed by atoms with Crippen molar-refractivity contribution in [3.63, 3.8) is 0 Å². The van der Waals surface area contributed by atoms with E-state index in [0.29, 0.717) is 45.1 Å². The number of amides is 4. The third-order valence-corrected chi connectivity index (χ3v) is 7.21. The summed E-state index contributed by atoms with van der Waals surface area (Å²) in [5.74, 6) is -1.28. The number of carbonyl (C=O) groups is 5. The van der Waals surface area contributed by atoms with E-state index in [2.05, 4.69) is 16.0 Å². The molecule has 2 aliphatic heterocycles. The molecule has 0 unspecified atom stereocenters. The van der Waals surface area contributed by atoms with Crippen molar-refractivity contribution in [2.75, 3.05) is 6.54 Å². The second-order valence-corrected chi connectivity index (χ2v) is 10.1. The van der Waals surface area contributed by atoms with E-state index in [4.69, 9.17) is 0 Å². The Morgan fingerprint density at radius 1 is 0.892 bits per heavy atom. The summed E-state index contributed by atoms with van der Waals surface area (Å²) in [4.78, 5) is 66.3. The molecule has 37 heavy (non-hydrogen) atoms. The third kappa shape index (κ3) is 8.13. The molecule has 0 aliphatic carbocycles. The van der Waals surface area contributed by atoms with Crippen molar-refractivity contribution in [2.45, 2.75) is 102 Å². The zero-order valence-electron chi connectivity index (χ0n) is 22.0. The van der Waals surface area contributed by atoms with Crippen LogP contribution in [0, 0.1) is 0 Å². The molecule has 2 saturated heterocycles. The van der Waals surface area contributed by atoms with Crippen LogP contribution in [0.2, 0.25) is 0 Å². The minimum absolute atomic E-state index is 0.213. The third-order valence-electron chi connectivity index (χ3n) is 7.21. The van der Waals surface area contributed by atoms with E-state index < -0.39 is 36.0 Å². The molecule has 2 fully saturated rings. The van der Waals surface area contributed by atoms with Crippen LogP contribution in [0.3, 0.4) is 0 Å². The molecule has 1 aromatic rings. The number of nitrogens with zero attached hydrogens (tertiary/aromatic N) is 1. The van der Waals surface area contributed by atoms with Crippen LogP contribution < -0.4 is 16.0 Å². The van der Waals surface area contributed by atoms with Gasteiger partial charge in [0.1, 0.15) is 30.0 Å². The molecule has 4 atom stereocenters. The lowest BCUT2D eigenvalue weighted by molar-refractivity contribution is -0.146. The summed E-state index contributed by atoms with van der Waals surface area (Å²) in [5, 5.41) is 8.42. The largest absolute Gasteiger partial charge is 0.343 e. The number of rotatable bonds is 9. The molecule has 4 amide bonds. The number of fused-ring (bicyclic) bond motifs is 1. The topological polar surface area (TPSA) is 125 Å². The predicted octanol–water partition coefficient (Wildman–Crippen LogP) is 2.03. The Kier molecular flexibility index (Phi) is 10.7. The smallest absolute Gasteiger partial charge is 0.246 e. The summed E-state index contributed by atoms with van der Waals surface area (Å²) in [5.41, 5.74) is 0.892. The summed E-state index contributed by atoms with van der Waals surface area (Å²) in [6, 6.07) is 6.19. The number of ketones is 1. The molecule has 3 rings (SSSR count). The summed E-state index contributed by atoms with van der Waals surface area (Å²) < 4.78 is 0. The zero-order valence-corrected chi connectivity index (χ0v) is 22.0. The average Bonchev–Trinajstić information content (AvgIpc) is 2.91. The number of Topliss-reactive ketones (excluding diaryl/α,β-unsaturated/α-hetero) is 1.